The van der Waals surface area contributed by atoms with Crippen LogP contribution in [0.3, 0.4) is 0 Å². The van der Waals surface area contributed by atoms with Crippen LogP contribution in [0.5, 0.6) is 0 Å². The maximum absolute atomic E-state index is 13.6. The summed E-state index contributed by atoms with van der Waals surface area (Å²) in [5.74, 6) is 0.352. The second-order valence-electron chi connectivity index (χ2n) is 11.5. The van der Waals surface area contributed by atoms with Gasteiger partial charge in [0, 0.05) is 12.6 Å². The Morgan fingerprint density at radius 2 is 1.85 bits per heavy atom. The van der Waals surface area contributed by atoms with Crippen LogP contribution in [-0.4, -0.2) is 42.3 Å². The van der Waals surface area contributed by atoms with Gasteiger partial charge in [-0.2, -0.15) is 18.7 Å². The number of hydrogen-bond acceptors (Lipinski definition) is 6. The van der Waals surface area contributed by atoms with Crippen molar-refractivity contribution in [1.82, 2.24) is 15.8 Å². The van der Waals surface area contributed by atoms with Crippen LogP contribution in [0.4, 0.5) is 23.2 Å². The molecule has 3 aliphatic rings. The van der Waals surface area contributed by atoms with Crippen molar-refractivity contribution in [1.29, 1.82) is 0 Å². The van der Waals surface area contributed by atoms with Gasteiger partial charge >= 0.3 is 6.18 Å². The van der Waals surface area contributed by atoms with E-state index in [1.165, 1.54) is 17.7 Å². The molecule has 0 spiro atoms. The average molecular weight is 561 g/mol. The molecule has 0 bridgehead atoms. The van der Waals surface area contributed by atoms with Crippen molar-refractivity contribution in [3.05, 3.63) is 65.5 Å². The van der Waals surface area contributed by atoms with Gasteiger partial charge in [-0.1, -0.05) is 43.3 Å². The number of rotatable bonds is 7. The Morgan fingerprint density at radius 3 is 2.52 bits per heavy atom. The lowest BCUT2D eigenvalue weighted by Gasteiger charge is -2.38. The van der Waals surface area contributed by atoms with E-state index in [9.17, 15) is 22.4 Å². The number of likely N-dealkylation sites (tertiary alicyclic amines) is 1. The summed E-state index contributed by atoms with van der Waals surface area (Å²) in [7, 11) is 0. The monoisotopic (exact) mass is 560 g/mol. The Bertz CT molecular complexity index is 1210. The summed E-state index contributed by atoms with van der Waals surface area (Å²) in [5.41, 5.74) is 3.95. The van der Waals surface area contributed by atoms with Crippen LogP contribution in [0.2, 0.25) is 0 Å². The van der Waals surface area contributed by atoms with Crippen molar-refractivity contribution in [2.75, 3.05) is 18.1 Å². The number of anilines is 1. The first-order chi connectivity index (χ1) is 19.1. The summed E-state index contributed by atoms with van der Waals surface area (Å²) in [6, 6.07) is 13.7. The van der Waals surface area contributed by atoms with Gasteiger partial charge in [-0.25, -0.2) is 9.40 Å². The maximum Gasteiger partial charge on any atom is 0.433 e. The first-order valence-electron chi connectivity index (χ1n) is 13.9. The van der Waals surface area contributed by atoms with Crippen LogP contribution in [0, 0.1) is 17.2 Å². The number of carbonyl (C=O) groups is 1. The number of alkyl halides is 3. The summed E-state index contributed by atoms with van der Waals surface area (Å²) in [6.45, 7) is 6.31. The standard InChI is InChI=1S/C29H36F4N6O/c1-19(2)28(13-10-25(17-28)38-14-11-22(12-15-38)21-6-8-23(30)9-7-21)27(40)34-18-20-4-3-5-24(16-20)39-26(29(31,32)33)35-36-37-39/h3-9,16,19,22,25-26H,10-15,17-18H2,1-2H3,(H,34,40)(H,35,37). The molecule has 1 saturated carbocycles. The van der Waals surface area contributed by atoms with Gasteiger partial charge in [0.25, 0.3) is 6.17 Å². The third-order valence-electron chi connectivity index (χ3n) is 8.97. The number of hydrogen-bond donors (Lipinski definition) is 2. The van der Waals surface area contributed by atoms with Crippen LogP contribution in [0.15, 0.2) is 58.9 Å². The smallest absolute Gasteiger partial charge is 0.352 e. The molecule has 1 amide bonds. The molecule has 2 aliphatic heterocycles. The SMILES string of the molecule is CC(C)C1(C(=O)NCc2cccc(N3NN=NC3C(F)(F)F)c2)CCC(N2CCC(c3ccc(F)cc3)CC2)C1. The summed E-state index contributed by atoms with van der Waals surface area (Å²) in [5, 5.41) is 10.5. The molecule has 3 atom stereocenters. The molecule has 40 heavy (non-hydrogen) atoms. The van der Waals surface area contributed by atoms with Crippen LogP contribution >= 0.6 is 0 Å². The van der Waals surface area contributed by atoms with E-state index in [1.54, 1.807) is 24.3 Å². The van der Waals surface area contributed by atoms with E-state index in [2.05, 4.69) is 39.9 Å². The molecule has 1 saturated heterocycles. The Labute approximate surface area is 232 Å². The highest BCUT2D eigenvalue weighted by atomic mass is 19.4. The molecule has 216 valence electrons. The first kappa shape index (κ1) is 28.3. The number of halogens is 4. The molecule has 5 rings (SSSR count). The predicted octanol–water partition coefficient (Wildman–Crippen LogP) is 6.10. The fraction of sp³-hybridized carbons (Fsp3) is 0.552. The van der Waals surface area contributed by atoms with Gasteiger partial charge in [-0.3, -0.25) is 4.79 Å². The van der Waals surface area contributed by atoms with Crippen molar-refractivity contribution >= 4 is 11.6 Å². The molecule has 2 fully saturated rings. The first-order valence-corrected chi connectivity index (χ1v) is 13.9. The van der Waals surface area contributed by atoms with Gasteiger partial charge in [0.05, 0.1) is 11.1 Å². The normalized spacial score (nSPS) is 25.9. The third kappa shape index (κ3) is 5.80. The van der Waals surface area contributed by atoms with Crippen LogP contribution in [0.1, 0.15) is 63.0 Å². The largest absolute Gasteiger partial charge is 0.433 e. The molecule has 0 radical (unpaired) electrons. The minimum atomic E-state index is -4.57. The number of hydrazine groups is 1. The molecule has 2 aromatic rings. The van der Waals surface area contributed by atoms with E-state index in [0.29, 0.717) is 17.5 Å². The van der Waals surface area contributed by atoms with Crippen molar-refractivity contribution in [3.63, 3.8) is 0 Å². The number of amides is 1. The Morgan fingerprint density at radius 1 is 1.12 bits per heavy atom. The molecule has 0 aromatic heterocycles. The summed E-state index contributed by atoms with van der Waals surface area (Å²) in [6.07, 6.45) is -2.11. The van der Waals surface area contributed by atoms with E-state index < -0.39 is 17.8 Å². The number of nitrogens with one attached hydrogen (secondary N) is 2. The van der Waals surface area contributed by atoms with E-state index in [0.717, 1.165) is 50.2 Å². The molecular weight excluding hydrogens is 524 g/mol. The van der Waals surface area contributed by atoms with Crippen LogP contribution in [-0.2, 0) is 11.3 Å². The van der Waals surface area contributed by atoms with Crippen molar-refractivity contribution in [3.8, 4) is 0 Å². The molecule has 2 N–H and O–H groups in total. The van der Waals surface area contributed by atoms with Crippen LogP contribution < -0.4 is 15.9 Å². The van der Waals surface area contributed by atoms with Gasteiger partial charge in [0.15, 0.2) is 0 Å². The molecule has 3 unspecified atom stereocenters. The predicted molar refractivity (Wildman–Crippen MR) is 143 cm³/mol. The van der Waals surface area contributed by atoms with Crippen molar-refractivity contribution in [2.24, 2.45) is 21.7 Å². The number of carbonyl (C=O) groups excluding carboxylic acids is 1. The molecule has 2 heterocycles. The van der Waals surface area contributed by atoms with Gasteiger partial charge in [-0.15, -0.1) is 5.11 Å². The fourth-order valence-corrected chi connectivity index (χ4v) is 6.51. The lowest BCUT2D eigenvalue weighted by atomic mass is 9.74. The molecule has 2 aromatic carbocycles. The number of benzene rings is 2. The van der Waals surface area contributed by atoms with E-state index >= 15 is 0 Å². The highest BCUT2D eigenvalue weighted by Gasteiger charge is 2.49. The minimum Gasteiger partial charge on any atom is -0.352 e. The Hall–Kier alpha value is -3.21. The second-order valence-corrected chi connectivity index (χ2v) is 11.5. The van der Waals surface area contributed by atoms with E-state index in [1.807, 2.05) is 12.1 Å². The minimum absolute atomic E-state index is 0.00549. The quantitative estimate of drug-likeness (QED) is 0.402. The zero-order chi connectivity index (χ0) is 28.5. The van der Waals surface area contributed by atoms with Crippen LogP contribution in [0.25, 0.3) is 0 Å². The van der Waals surface area contributed by atoms with Gasteiger partial charge in [0.1, 0.15) is 5.82 Å². The van der Waals surface area contributed by atoms with Gasteiger partial charge in [-0.05, 0) is 92.4 Å². The Kier molecular flexibility index (Phi) is 8.03. The zero-order valence-electron chi connectivity index (χ0n) is 22.8. The zero-order valence-corrected chi connectivity index (χ0v) is 22.8. The Balaban J connectivity index is 1.19. The lowest BCUT2D eigenvalue weighted by molar-refractivity contribution is -0.146. The summed E-state index contributed by atoms with van der Waals surface area (Å²) >= 11 is 0. The fourth-order valence-electron chi connectivity index (χ4n) is 6.51. The highest BCUT2D eigenvalue weighted by molar-refractivity contribution is 5.83. The number of nitrogens with zero attached hydrogens (tertiary/aromatic N) is 4. The number of piperidine rings is 1. The van der Waals surface area contributed by atoms with Crippen molar-refractivity contribution in [2.45, 2.75) is 76.8 Å². The van der Waals surface area contributed by atoms with E-state index in [-0.39, 0.29) is 29.9 Å². The lowest BCUT2D eigenvalue weighted by Crippen LogP contribution is -2.46. The molecule has 1 aliphatic carbocycles. The summed E-state index contributed by atoms with van der Waals surface area (Å²) in [4.78, 5) is 16.1. The average Bonchev–Trinajstić information content (AvgIpc) is 3.62. The van der Waals surface area contributed by atoms with Gasteiger partial charge < -0.3 is 10.2 Å². The second kappa shape index (κ2) is 11.3. The van der Waals surface area contributed by atoms with Gasteiger partial charge in [0.2, 0.25) is 5.91 Å². The molecule has 7 nitrogen and oxygen atoms in total. The van der Waals surface area contributed by atoms with E-state index in [4.69, 9.17) is 0 Å². The molecular formula is C29H36F4N6O. The summed E-state index contributed by atoms with van der Waals surface area (Å²) < 4.78 is 53.2. The maximum atomic E-state index is 13.6. The highest BCUT2D eigenvalue weighted by Crippen LogP contribution is 2.47. The third-order valence-corrected chi connectivity index (χ3v) is 8.97. The molecule has 11 heteroatoms. The van der Waals surface area contributed by atoms with Crippen molar-refractivity contribution < 1.29 is 22.4 Å². The topological polar surface area (TPSA) is 72.3 Å².